The van der Waals surface area contributed by atoms with Crippen LogP contribution in [-0.4, -0.2) is 119 Å². The number of aliphatic hydroxyl groups is 6. The molecule has 0 spiro atoms. The molecule has 2 aliphatic rings. The number of rotatable bonds is 8. The molecule has 34 heavy (non-hydrogen) atoms. The van der Waals surface area contributed by atoms with Gasteiger partial charge < -0.3 is 59.1 Å². The van der Waals surface area contributed by atoms with Crippen molar-refractivity contribution in [2.45, 2.75) is 68.0 Å². The number of carbonyl (C=O) groups excluding carboxylic acids is 1. The Balaban J connectivity index is 1.62. The Hall–Kier alpha value is -1.91. The standard InChI is InChI=1S/C21H30O13/c1-29-18-13(24)11(7-22)31-20(16(18)27)33-17-12(8-23)32-19(15(26)14(17)25)34-21(28)30-9-10-5-3-2-4-6-10/h2-6,11-20,22-27H,7-9H2,1H3. The number of methoxy groups -OCH3 is 1. The average molecular weight is 490 g/mol. The normalized spacial score (nSPS) is 38.3. The van der Waals surface area contributed by atoms with Crippen LogP contribution in [-0.2, 0) is 35.0 Å². The van der Waals surface area contributed by atoms with Crippen LogP contribution in [0.1, 0.15) is 5.56 Å². The predicted molar refractivity (Wildman–Crippen MR) is 109 cm³/mol. The van der Waals surface area contributed by atoms with Crippen LogP contribution in [0.2, 0.25) is 0 Å². The first kappa shape index (κ1) is 26.7. The summed E-state index contributed by atoms with van der Waals surface area (Å²) in [5.41, 5.74) is 0.693. The van der Waals surface area contributed by atoms with Gasteiger partial charge in [0, 0.05) is 7.11 Å². The van der Waals surface area contributed by atoms with E-state index in [2.05, 4.69) is 0 Å². The van der Waals surface area contributed by atoms with Crippen LogP contribution in [0.3, 0.4) is 0 Å². The molecule has 10 unspecified atom stereocenters. The Bertz CT molecular complexity index is 762. The molecule has 2 aliphatic heterocycles. The molecular formula is C21H30O13. The minimum atomic E-state index is -1.81. The van der Waals surface area contributed by atoms with Gasteiger partial charge >= 0.3 is 6.16 Å². The molecule has 2 heterocycles. The van der Waals surface area contributed by atoms with E-state index in [9.17, 15) is 35.4 Å². The SMILES string of the molecule is COC1C(O)C(CO)OC(OC2C(CO)OC(OC(=O)OCc3ccccc3)C(O)C2O)C1O. The maximum atomic E-state index is 12.0. The van der Waals surface area contributed by atoms with Crippen molar-refractivity contribution in [3.63, 3.8) is 0 Å². The van der Waals surface area contributed by atoms with E-state index >= 15 is 0 Å². The quantitative estimate of drug-likeness (QED) is 0.212. The lowest BCUT2D eigenvalue weighted by atomic mass is 9.97. The molecule has 3 rings (SSSR count). The fraction of sp³-hybridized carbons (Fsp3) is 0.667. The van der Waals surface area contributed by atoms with E-state index in [-0.39, 0.29) is 6.61 Å². The third-order valence-electron chi connectivity index (χ3n) is 5.62. The molecule has 0 saturated carbocycles. The largest absolute Gasteiger partial charge is 0.511 e. The topological polar surface area (TPSA) is 194 Å². The third-order valence-corrected chi connectivity index (χ3v) is 5.62. The van der Waals surface area contributed by atoms with Gasteiger partial charge in [-0.25, -0.2) is 4.79 Å². The summed E-state index contributed by atoms with van der Waals surface area (Å²) >= 11 is 0. The third kappa shape index (κ3) is 6.01. The van der Waals surface area contributed by atoms with Gasteiger partial charge in [-0.2, -0.15) is 0 Å². The molecule has 0 amide bonds. The van der Waals surface area contributed by atoms with Crippen LogP contribution in [0, 0.1) is 0 Å². The Kier molecular flexibility index (Phi) is 9.56. The summed E-state index contributed by atoms with van der Waals surface area (Å²) in [6, 6.07) is 8.75. The predicted octanol–water partition coefficient (Wildman–Crippen LogP) is -2.38. The molecule has 2 saturated heterocycles. The van der Waals surface area contributed by atoms with Gasteiger partial charge in [-0.05, 0) is 5.56 Å². The Morgan fingerprint density at radius 1 is 0.853 bits per heavy atom. The summed E-state index contributed by atoms with van der Waals surface area (Å²) in [6.45, 7) is -1.45. The first-order valence-corrected chi connectivity index (χ1v) is 10.6. The summed E-state index contributed by atoms with van der Waals surface area (Å²) in [7, 11) is 1.23. The van der Waals surface area contributed by atoms with E-state index in [1.165, 1.54) is 7.11 Å². The highest BCUT2D eigenvalue weighted by molar-refractivity contribution is 5.60. The van der Waals surface area contributed by atoms with Crippen molar-refractivity contribution in [1.29, 1.82) is 0 Å². The lowest BCUT2D eigenvalue weighted by Gasteiger charge is -2.46. The molecule has 0 radical (unpaired) electrons. The van der Waals surface area contributed by atoms with Crippen molar-refractivity contribution in [3.05, 3.63) is 35.9 Å². The van der Waals surface area contributed by atoms with Crippen LogP contribution in [0.4, 0.5) is 4.79 Å². The molecule has 1 aromatic carbocycles. The number of carbonyl (C=O) groups is 1. The lowest BCUT2D eigenvalue weighted by molar-refractivity contribution is -0.356. The number of hydrogen-bond donors (Lipinski definition) is 6. The monoisotopic (exact) mass is 490 g/mol. The molecule has 6 N–H and O–H groups in total. The molecule has 1 aromatic rings. The highest BCUT2D eigenvalue weighted by Gasteiger charge is 2.51. The molecule has 0 bridgehead atoms. The van der Waals surface area contributed by atoms with E-state index in [4.69, 9.17) is 28.4 Å². The summed E-state index contributed by atoms with van der Waals surface area (Å²) in [5.74, 6) is 0. The highest BCUT2D eigenvalue weighted by Crippen LogP contribution is 2.30. The molecule has 10 atom stereocenters. The van der Waals surface area contributed by atoms with E-state index in [0.29, 0.717) is 5.56 Å². The van der Waals surface area contributed by atoms with Gasteiger partial charge in [0.25, 0.3) is 0 Å². The number of aliphatic hydroxyl groups excluding tert-OH is 6. The second-order valence-corrected chi connectivity index (χ2v) is 7.86. The summed E-state index contributed by atoms with van der Waals surface area (Å²) in [5, 5.41) is 60.7. The molecule has 0 aromatic heterocycles. The van der Waals surface area contributed by atoms with E-state index in [1.807, 2.05) is 0 Å². The van der Waals surface area contributed by atoms with E-state index in [1.54, 1.807) is 30.3 Å². The van der Waals surface area contributed by atoms with Crippen LogP contribution in [0.15, 0.2) is 30.3 Å². The van der Waals surface area contributed by atoms with Gasteiger partial charge in [0.2, 0.25) is 6.29 Å². The van der Waals surface area contributed by atoms with Crippen molar-refractivity contribution in [2.75, 3.05) is 20.3 Å². The first-order valence-electron chi connectivity index (χ1n) is 10.6. The van der Waals surface area contributed by atoms with Crippen molar-refractivity contribution >= 4 is 6.16 Å². The fourth-order valence-corrected chi connectivity index (χ4v) is 3.76. The van der Waals surface area contributed by atoms with Crippen LogP contribution >= 0.6 is 0 Å². The second-order valence-electron chi connectivity index (χ2n) is 7.86. The minimum absolute atomic E-state index is 0.102. The number of ether oxygens (including phenoxy) is 6. The summed E-state index contributed by atoms with van der Waals surface area (Å²) < 4.78 is 31.2. The van der Waals surface area contributed by atoms with Crippen LogP contribution < -0.4 is 0 Å². The Morgan fingerprint density at radius 3 is 2.12 bits per heavy atom. The first-order chi connectivity index (χ1) is 16.3. The van der Waals surface area contributed by atoms with E-state index < -0.39 is 80.8 Å². The van der Waals surface area contributed by atoms with Gasteiger partial charge in [0.1, 0.15) is 55.4 Å². The number of hydrogen-bond acceptors (Lipinski definition) is 13. The molecular weight excluding hydrogens is 460 g/mol. The molecule has 13 nitrogen and oxygen atoms in total. The summed E-state index contributed by atoms with van der Waals surface area (Å²) in [6.07, 6.45) is -16.0. The second kappa shape index (κ2) is 12.2. The zero-order valence-corrected chi connectivity index (χ0v) is 18.3. The lowest BCUT2D eigenvalue weighted by Crippen LogP contribution is -2.65. The van der Waals surface area contributed by atoms with Crippen molar-refractivity contribution < 1.29 is 63.9 Å². The zero-order valence-electron chi connectivity index (χ0n) is 18.3. The molecule has 13 heteroatoms. The van der Waals surface area contributed by atoms with Gasteiger partial charge in [0.05, 0.1) is 13.2 Å². The average Bonchev–Trinajstić information content (AvgIpc) is 2.84. The highest BCUT2D eigenvalue weighted by atomic mass is 16.8. The molecule has 0 aliphatic carbocycles. The van der Waals surface area contributed by atoms with Crippen molar-refractivity contribution in [2.24, 2.45) is 0 Å². The minimum Gasteiger partial charge on any atom is -0.429 e. The smallest absolute Gasteiger partial charge is 0.429 e. The van der Waals surface area contributed by atoms with Crippen molar-refractivity contribution in [3.8, 4) is 0 Å². The number of benzene rings is 1. The maximum absolute atomic E-state index is 12.0. The van der Waals surface area contributed by atoms with Gasteiger partial charge in [0.15, 0.2) is 6.29 Å². The van der Waals surface area contributed by atoms with Crippen LogP contribution in [0.25, 0.3) is 0 Å². The van der Waals surface area contributed by atoms with Gasteiger partial charge in [-0.1, -0.05) is 30.3 Å². The summed E-state index contributed by atoms with van der Waals surface area (Å²) in [4.78, 5) is 12.0. The zero-order chi connectivity index (χ0) is 24.8. The fourth-order valence-electron chi connectivity index (χ4n) is 3.76. The van der Waals surface area contributed by atoms with Crippen molar-refractivity contribution in [1.82, 2.24) is 0 Å². The molecule has 192 valence electrons. The van der Waals surface area contributed by atoms with Gasteiger partial charge in [-0.15, -0.1) is 0 Å². The van der Waals surface area contributed by atoms with Crippen LogP contribution in [0.5, 0.6) is 0 Å². The van der Waals surface area contributed by atoms with Gasteiger partial charge in [-0.3, -0.25) is 0 Å². The van der Waals surface area contributed by atoms with E-state index in [0.717, 1.165) is 0 Å². The molecule has 2 fully saturated rings. The maximum Gasteiger partial charge on any atom is 0.511 e. The Morgan fingerprint density at radius 2 is 1.50 bits per heavy atom. The Labute approximate surface area is 195 Å².